The van der Waals surface area contributed by atoms with Gasteiger partial charge >= 0.3 is 6.09 Å². The summed E-state index contributed by atoms with van der Waals surface area (Å²) >= 11 is 0. The maximum Gasteiger partial charge on any atom is 0.407 e. The third-order valence-electron chi connectivity index (χ3n) is 3.12. The molecule has 0 spiro atoms. The van der Waals surface area contributed by atoms with Gasteiger partial charge in [0.05, 0.1) is 6.61 Å². The third-order valence-corrected chi connectivity index (χ3v) is 3.12. The normalized spacial score (nSPS) is 10.6. The van der Waals surface area contributed by atoms with E-state index in [0.29, 0.717) is 13.2 Å². The van der Waals surface area contributed by atoms with Crippen molar-refractivity contribution in [3.63, 3.8) is 0 Å². The van der Waals surface area contributed by atoms with Gasteiger partial charge in [-0.2, -0.15) is 0 Å². The first-order valence-corrected chi connectivity index (χ1v) is 6.68. The molecule has 4 nitrogen and oxygen atoms in total. The molecule has 1 heterocycles. The predicted octanol–water partition coefficient (Wildman–Crippen LogP) is 3.09. The van der Waals surface area contributed by atoms with Crippen LogP contribution in [0, 0.1) is 6.92 Å². The van der Waals surface area contributed by atoms with Crippen molar-refractivity contribution in [3.05, 3.63) is 36.0 Å². The molecule has 1 N–H and O–H groups in total. The second-order valence-electron chi connectivity index (χ2n) is 4.50. The summed E-state index contributed by atoms with van der Waals surface area (Å²) in [6.07, 6.45) is 0.551. The summed E-state index contributed by atoms with van der Waals surface area (Å²) in [6.45, 7) is 5.84. The quantitative estimate of drug-likeness (QED) is 0.839. The highest BCUT2D eigenvalue weighted by molar-refractivity contribution is 5.81. The number of nitrogens with zero attached hydrogens (tertiary/aromatic N) is 1. The van der Waals surface area contributed by atoms with Crippen molar-refractivity contribution in [3.8, 4) is 0 Å². The summed E-state index contributed by atoms with van der Waals surface area (Å²) in [6, 6.07) is 10.5. The minimum Gasteiger partial charge on any atom is -0.450 e. The Balaban J connectivity index is 1.91. The topological polar surface area (TPSA) is 43.3 Å². The summed E-state index contributed by atoms with van der Waals surface area (Å²) < 4.78 is 7.10. The molecule has 0 unspecified atom stereocenters. The monoisotopic (exact) mass is 260 g/mol. The first kappa shape index (κ1) is 13.5. The number of aryl methyl sites for hydroxylation is 2. The molecular formula is C15H20N2O2. The fraction of sp³-hybridized carbons (Fsp3) is 0.400. The lowest BCUT2D eigenvalue weighted by Gasteiger charge is -2.09. The van der Waals surface area contributed by atoms with Gasteiger partial charge in [-0.1, -0.05) is 18.2 Å². The van der Waals surface area contributed by atoms with E-state index in [4.69, 9.17) is 4.74 Å². The van der Waals surface area contributed by atoms with Crippen LogP contribution in [0.2, 0.25) is 0 Å². The van der Waals surface area contributed by atoms with E-state index in [1.54, 1.807) is 6.92 Å². The lowest BCUT2D eigenvalue weighted by molar-refractivity contribution is 0.152. The second-order valence-corrected chi connectivity index (χ2v) is 4.50. The summed E-state index contributed by atoms with van der Waals surface area (Å²) in [5, 5.41) is 4.00. The van der Waals surface area contributed by atoms with Gasteiger partial charge < -0.3 is 14.6 Å². The van der Waals surface area contributed by atoms with Gasteiger partial charge in [-0.25, -0.2) is 4.79 Å². The number of alkyl carbamates (subject to hydrolysis) is 1. The Morgan fingerprint density at radius 1 is 1.37 bits per heavy atom. The van der Waals surface area contributed by atoms with Crippen LogP contribution in [0.5, 0.6) is 0 Å². The zero-order valence-electron chi connectivity index (χ0n) is 11.5. The minimum absolute atomic E-state index is 0.336. The molecule has 2 rings (SSSR count). The smallest absolute Gasteiger partial charge is 0.407 e. The predicted molar refractivity (Wildman–Crippen MR) is 76.3 cm³/mol. The fourth-order valence-corrected chi connectivity index (χ4v) is 2.25. The number of hydrogen-bond donors (Lipinski definition) is 1. The van der Waals surface area contributed by atoms with Gasteiger partial charge in [-0.3, -0.25) is 0 Å². The number of carbonyl (C=O) groups excluding carboxylic acids is 1. The van der Waals surface area contributed by atoms with E-state index in [-0.39, 0.29) is 6.09 Å². The Morgan fingerprint density at radius 2 is 2.16 bits per heavy atom. The Morgan fingerprint density at radius 3 is 2.95 bits per heavy atom. The zero-order valence-corrected chi connectivity index (χ0v) is 11.5. The maximum absolute atomic E-state index is 11.1. The van der Waals surface area contributed by atoms with Crippen LogP contribution in [0.3, 0.4) is 0 Å². The number of fused-ring (bicyclic) bond motifs is 1. The van der Waals surface area contributed by atoms with Crippen LogP contribution < -0.4 is 5.32 Å². The number of carbonyl (C=O) groups is 1. The molecule has 4 heteroatoms. The van der Waals surface area contributed by atoms with Gasteiger partial charge in [0, 0.05) is 24.3 Å². The zero-order chi connectivity index (χ0) is 13.7. The Labute approximate surface area is 113 Å². The van der Waals surface area contributed by atoms with Crippen LogP contribution in [0.15, 0.2) is 30.3 Å². The molecule has 0 aliphatic carbocycles. The highest BCUT2D eigenvalue weighted by Gasteiger charge is 2.05. The number of benzene rings is 1. The van der Waals surface area contributed by atoms with Crippen molar-refractivity contribution in [2.24, 2.45) is 0 Å². The SMILES string of the molecule is CCOC(=O)NCCCn1c(C)cc2ccccc21. The van der Waals surface area contributed by atoms with Gasteiger partial charge in [-0.05, 0) is 37.8 Å². The van der Waals surface area contributed by atoms with E-state index in [2.05, 4.69) is 47.1 Å². The van der Waals surface area contributed by atoms with Crippen molar-refractivity contribution in [1.82, 2.24) is 9.88 Å². The molecule has 0 bridgehead atoms. The van der Waals surface area contributed by atoms with Crippen LogP contribution >= 0.6 is 0 Å². The molecule has 0 aliphatic rings. The number of aromatic nitrogens is 1. The van der Waals surface area contributed by atoms with Gasteiger partial charge in [0.15, 0.2) is 0 Å². The van der Waals surface area contributed by atoms with Gasteiger partial charge in [0.2, 0.25) is 0 Å². The minimum atomic E-state index is -0.336. The number of para-hydroxylation sites is 1. The van der Waals surface area contributed by atoms with Gasteiger partial charge in [-0.15, -0.1) is 0 Å². The van der Waals surface area contributed by atoms with Crippen molar-refractivity contribution >= 4 is 17.0 Å². The molecule has 102 valence electrons. The fourth-order valence-electron chi connectivity index (χ4n) is 2.25. The number of hydrogen-bond acceptors (Lipinski definition) is 2. The molecule has 2 aromatic rings. The van der Waals surface area contributed by atoms with Crippen LogP contribution in [0.4, 0.5) is 4.79 Å². The number of amides is 1. The van der Waals surface area contributed by atoms with Crippen LogP contribution in [0.1, 0.15) is 19.0 Å². The molecule has 0 fully saturated rings. The third kappa shape index (κ3) is 3.28. The molecule has 1 aromatic heterocycles. The van der Waals surface area contributed by atoms with Crippen molar-refractivity contribution < 1.29 is 9.53 Å². The van der Waals surface area contributed by atoms with Crippen molar-refractivity contribution in [2.75, 3.05) is 13.2 Å². The molecular weight excluding hydrogens is 240 g/mol. The van der Waals surface area contributed by atoms with E-state index in [0.717, 1.165) is 13.0 Å². The number of rotatable bonds is 5. The molecule has 0 saturated carbocycles. The summed E-state index contributed by atoms with van der Waals surface area (Å²) in [5.41, 5.74) is 2.49. The number of ether oxygens (including phenoxy) is 1. The Bertz CT molecular complexity index is 560. The lowest BCUT2D eigenvalue weighted by atomic mass is 10.2. The lowest BCUT2D eigenvalue weighted by Crippen LogP contribution is -2.26. The average Bonchev–Trinajstić information content (AvgIpc) is 2.71. The molecule has 19 heavy (non-hydrogen) atoms. The van der Waals surface area contributed by atoms with Crippen molar-refractivity contribution in [1.29, 1.82) is 0 Å². The molecule has 1 amide bonds. The largest absolute Gasteiger partial charge is 0.450 e. The molecule has 0 atom stereocenters. The summed E-state index contributed by atoms with van der Waals surface area (Å²) in [4.78, 5) is 11.1. The summed E-state index contributed by atoms with van der Waals surface area (Å²) in [5.74, 6) is 0. The Kier molecular flexibility index (Phi) is 4.44. The van der Waals surface area contributed by atoms with Crippen molar-refractivity contribution in [2.45, 2.75) is 26.8 Å². The second kappa shape index (κ2) is 6.27. The van der Waals surface area contributed by atoms with Crippen LogP contribution in [-0.4, -0.2) is 23.8 Å². The highest BCUT2D eigenvalue weighted by atomic mass is 16.5. The standard InChI is InChI=1S/C15H20N2O2/c1-3-19-15(18)16-9-6-10-17-12(2)11-13-7-4-5-8-14(13)17/h4-5,7-8,11H,3,6,9-10H2,1-2H3,(H,16,18). The van der Waals surface area contributed by atoms with Crippen LogP contribution in [0.25, 0.3) is 10.9 Å². The first-order valence-electron chi connectivity index (χ1n) is 6.68. The molecule has 0 saturated heterocycles. The highest BCUT2D eigenvalue weighted by Crippen LogP contribution is 2.19. The Hall–Kier alpha value is -1.97. The van der Waals surface area contributed by atoms with E-state index in [9.17, 15) is 4.79 Å². The molecule has 0 radical (unpaired) electrons. The molecule has 1 aromatic carbocycles. The maximum atomic E-state index is 11.1. The van der Waals surface area contributed by atoms with E-state index >= 15 is 0 Å². The van der Waals surface area contributed by atoms with Gasteiger partial charge in [0.25, 0.3) is 0 Å². The van der Waals surface area contributed by atoms with E-state index in [1.165, 1.54) is 16.6 Å². The average molecular weight is 260 g/mol. The van der Waals surface area contributed by atoms with Gasteiger partial charge in [0.1, 0.15) is 0 Å². The summed E-state index contributed by atoms with van der Waals surface area (Å²) in [7, 11) is 0. The number of nitrogens with one attached hydrogen (secondary N) is 1. The van der Waals surface area contributed by atoms with Crippen LogP contribution in [-0.2, 0) is 11.3 Å². The first-order chi connectivity index (χ1) is 9.22. The molecule has 0 aliphatic heterocycles. The van der Waals surface area contributed by atoms with E-state index < -0.39 is 0 Å². The van der Waals surface area contributed by atoms with E-state index in [1.807, 2.05) is 0 Å².